The quantitative estimate of drug-likeness (QED) is 0.135. The van der Waals surface area contributed by atoms with Crippen molar-refractivity contribution in [1.29, 1.82) is 0 Å². The van der Waals surface area contributed by atoms with Crippen molar-refractivity contribution in [3.05, 3.63) is 120 Å². The summed E-state index contributed by atoms with van der Waals surface area (Å²) in [6.45, 7) is 7.53. The number of hydrogen-bond acceptors (Lipinski definition) is 9. The van der Waals surface area contributed by atoms with Gasteiger partial charge in [0.1, 0.15) is 10.8 Å². The first kappa shape index (κ1) is 38.1. The van der Waals surface area contributed by atoms with Crippen molar-refractivity contribution in [1.82, 2.24) is 19.9 Å². The standard InChI is InChI=1S/C27H27ClN4O2S2.C13H14ClNS/c28-20-9-6-18(7-10-20)27-30-15-23(36-27)19(14-25(33)34)13-22-16-35-24(31-22)5-1-4-21-11-8-17-3-2-12-29-26(17)32-21;1-13(2,3)12-15-8-11(16-12)9-4-6-10(14)7-5-9/h6-11,15-16,19H,1-5,12-14H2,(H,29,32)(H,33,34);4-8H,1-3H3. The number of thiazole rings is 3. The van der Waals surface area contributed by atoms with E-state index in [1.807, 2.05) is 54.7 Å². The minimum atomic E-state index is -0.816. The van der Waals surface area contributed by atoms with Gasteiger partial charge in [-0.1, -0.05) is 74.3 Å². The second-order valence-electron chi connectivity index (χ2n) is 13.8. The van der Waals surface area contributed by atoms with E-state index in [0.29, 0.717) is 11.4 Å². The van der Waals surface area contributed by atoms with Crippen molar-refractivity contribution in [3.63, 3.8) is 0 Å². The lowest BCUT2D eigenvalue weighted by Crippen LogP contribution is -2.14. The zero-order valence-electron chi connectivity index (χ0n) is 29.4. The molecule has 270 valence electrons. The molecule has 5 heterocycles. The van der Waals surface area contributed by atoms with Gasteiger partial charge in [-0.25, -0.2) is 19.9 Å². The third-order valence-electron chi connectivity index (χ3n) is 8.54. The van der Waals surface area contributed by atoms with E-state index in [-0.39, 0.29) is 17.8 Å². The summed E-state index contributed by atoms with van der Waals surface area (Å²) < 4.78 is 0. The molecule has 0 aliphatic carbocycles. The third kappa shape index (κ3) is 10.5. The molecule has 0 spiro atoms. The van der Waals surface area contributed by atoms with E-state index in [0.717, 1.165) is 79.9 Å². The van der Waals surface area contributed by atoms with E-state index >= 15 is 0 Å². The number of anilines is 1. The highest BCUT2D eigenvalue weighted by atomic mass is 35.5. The summed E-state index contributed by atoms with van der Waals surface area (Å²) in [4.78, 5) is 32.4. The van der Waals surface area contributed by atoms with Crippen molar-refractivity contribution >= 4 is 69.0 Å². The van der Waals surface area contributed by atoms with Crippen LogP contribution >= 0.6 is 57.2 Å². The van der Waals surface area contributed by atoms with Crippen molar-refractivity contribution < 1.29 is 9.90 Å². The SMILES string of the molecule is CC(C)(C)c1ncc(-c2ccc(Cl)cc2)s1.O=C(O)CC(Cc1csc(CCCc2ccc3c(n2)NCCC3)n1)c1cnc(-c2ccc(Cl)cc2)s1. The molecule has 1 aliphatic rings. The minimum Gasteiger partial charge on any atom is -0.481 e. The van der Waals surface area contributed by atoms with Gasteiger partial charge in [0.15, 0.2) is 0 Å². The Kier molecular flexibility index (Phi) is 12.8. The van der Waals surface area contributed by atoms with Crippen LogP contribution in [0.4, 0.5) is 5.82 Å². The molecule has 1 unspecified atom stereocenters. The van der Waals surface area contributed by atoms with Crippen LogP contribution < -0.4 is 5.32 Å². The molecular weight excluding hydrogens is 750 g/mol. The first-order valence-corrected chi connectivity index (χ1v) is 20.6. The van der Waals surface area contributed by atoms with Crippen LogP contribution in [-0.2, 0) is 35.9 Å². The molecule has 1 aliphatic heterocycles. The van der Waals surface area contributed by atoms with Crippen LogP contribution in [0.3, 0.4) is 0 Å². The van der Waals surface area contributed by atoms with Gasteiger partial charge in [0.05, 0.1) is 27.0 Å². The minimum absolute atomic E-state index is 0.0488. The number of rotatable bonds is 11. The van der Waals surface area contributed by atoms with Crippen LogP contribution in [0.25, 0.3) is 21.0 Å². The molecule has 1 atom stereocenters. The number of fused-ring (bicyclic) bond motifs is 1. The maximum Gasteiger partial charge on any atom is 0.304 e. The molecule has 7 rings (SSSR count). The Morgan fingerprint density at radius 3 is 2.31 bits per heavy atom. The maximum atomic E-state index is 11.6. The number of aliphatic carboxylic acids is 1. The second kappa shape index (κ2) is 17.4. The lowest BCUT2D eigenvalue weighted by molar-refractivity contribution is -0.137. The van der Waals surface area contributed by atoms with Crippen LogP contribution in [0.5, 0.6) is 0 Å². The summed E-state index contributed by atoms with van der Waals surface area (Å²) in [5.74, 6) is 0.0641. The predicted molar refractivity (Wildman–Crippen MR) is 218 cm³/mol. The highest BCUT2D eigenvalue weighted by molar-refractivity contribution is 7.15. The number of halogens is 2. The number of aryl methyl sites for hydroxylation is 3. The molecule has 0 saturated carbocycles. The van der Waals surface area contributed by atoms with E-state index in [1.165, 1.54) is 33.8 Å². The van der Waals surface area contributed by atoms with Crippen LogP contribution in [0.2, 0.25) is 10.0 Å². The molecule has 0 bridgehead atoms. The normalized spacial score (nSPS) is 13.1. The number of carboxylic acids is 1. The van der Waals surface area contributed by atoms with E-state index in [2.05, 4.69) is 53.6 Å². The highest BCUT2D eigenvalue weighted by Gasteiger charge is 2.22. The topological polar surface area (TPSA) is 101 Å². The second-order valence-corrected chi connectivity index (χ2v) is 17.7. The Labute approximate surface area is 327 Å². The molecule has 52 heavy (non-hydrogen) atoms. The third-order valence-corrected chi connectivity index (χ3v) is 12.7. The van der Waals surface area contributed by atoms with E-state index in [1.54, 1.807) is 28.9 Å². The smallest absolute Gasteiger partial charge is 0.304 e. The predicted octanol–water partition coefficient (Wildman–Crippen LogP) is 11.4. The largest absolute Gasteiger partial charge is 0.481 e. The number of carboxylic acid groups (broad SMARTS) is 1. The molecule has 2 aromatic carbocycles. The summed E-state index contributed by atoms with van der Waals surface area (Å²) in [6.07, 6.45) is 9.43. The van der Waals surface area contributed by atoms with Gasteiger partial charge in [-0.3, -0.25) is 4.79 Å². The van der Waals surface area contributed by atoms with Gasteiger partial charge in [0.25, 0.3) is 0 Å². The highest BCUT2D eigenvalue weighted by Crippen LogP contribution is 2.35. The fraction of sp³-hybridized carbons (Fsp3) is 0.325. The van der Waals surface area contributed by atoms with E-state index < -0.39 is 5.97 Å². The van der Waals surface area contributed by atoms with Gasteiger partial charge in [-0.05, 0) is 80.0 Å². The molecule has 0 fully saturated rings. The Morgan fingerprint density at radius 2 is 1.62 bits per heavy atom. The molecule has 12 heteroatoms. The number of carbonyl (C=O) groups is 1. The lowest BCUT2D eigenvalue weighted by Gasteiger charge is -2.17. The summed E-state index contributed by atoms with van der Waals surface area (Å²) in [6, 6.07) is 19.8. The van der Waals surface area contributed by atoms with Gasteiger partial charge in [0.2, 0.25) is 0 Å². The Hall–Kier alpha value is -3.67. The summed E-state index contributed by atoms with van der Waals surface area (Å²) in [5, 5.41) is 19.5. The van der Waals surface area contributed by atoms with Crippen LogP contribution in [0.1, 0.15) is 77.8 Å². The number of pyridine rings is 1. The van der Waals surface area contributed by atoms with Gasteiger partial charge < -0.3 is 10.4 Å². The average molecular weight is 791 g/mol. The summed E-state index contributed by atoms with van der Waals surface area (Å²) in [7, 11) is 0. The molecule has 2 N–H and O–H groups in total. The fourth-order valence-electron chi connectivity index (χ4n) is 5.79. The number of benzene rings is 2. The van der Waals surface area contributed by atoms with E-state index in [4.69, 9.17) is 33.2 Å². The Bertz CT molecular complexity index is 2090. The van der Waals surface area contributed by atoms with Crippen molar-refractivity contribution in [2.45, 2.75) is 77.0 Å². The van der Waals surface area contributed by atoms with Crippen molar-refractivity contribution in [3.8, 4) is 21.0 Å². The molecule has 7 nitrogen and oxygen atoms in total. The first-order chi connectivity index (χ1) is 25.0. The average Bonchev–Trinajstić information content (AvgIpc) is 3.91. The van der Waals surface area contributed by atoms with Gasteiger partial charge >= 0.3 is 5.97 Å². The monoisotopic (exact) mass is 789 g/mol. The Morgan fingerprint density at radius 1 is 0.885 bits per heavy atom. The molecule has 6 aromatic rings. The molecule has 4 aromatic heterocycles. The van der Waals surface area contributed by atoms with E-state index in [9.17, 15) is 9.90 Å². The fourth-order valence-corrected chi connectivity index (χ4v) is 8.90. The number of nitrogens with one attached hydrogen (secondary N) is 1. The summed E-state index contributed by atoms with van der Waals surface area (Å²) >= 11 is 16.8. The van der Waals surface area contributed by atoms with Crippen LogP contribution in [0.15, 0.2) is 78.4 Å². The molecular formula is C40H41Cl2N5O2S3. The van der Waals surface area contributed by atoms with Gasteiger partial charge in [0, 0.05) is 61.8 Å². The van der Waals surface area contributed by atoms with Crippen molar-refractivity contribution in [2.24, 2.45) is 0 Å². The van der Waals surface area contributed by atoms with Crippen LogP contribution in [0, 0.1) is 0 Å². The first-order valence-electron chi connectivity index (χ1n) is 17.3. The summed E-state index contributed by atoms with van der Waals surface area (Å²) in [5.41, 5.74) is 5.64. The zero-order valence-corrected chi connectivity index (χ0v) is 33.3. The molecule has 0 saturated heterocycles. The zero-order chi connectivity index (χ0) is 36.7. The molecule has 0 amide bonds. The number of aromatic nitrogens is 4. The number of nitrogens with zero attached hydrogens (tertiary/aromatic N) is 4. The lowest BCUT2D eigenvalue weighted by atomic mass is 9.98. The molecule has 0 radical (unpaired) electrons. The number of hydrogen-bond donors (Lipinski definition) is 2. The Balaban J connectivity index is 0.000000242. The maximum absolute atomic E-state index is 11.6. The van der Waals surface area contributed by atoms with Crippen LogP contribution in [-0.4, -0.2) is 37.6 Å². The van der Waals surface area contributed by atoms with Crippen molar-refractivity contribution in [2.75, 3.05) is 11.9 Å². The van der Waals surface area contributed by atoms with Gasteiger partial charge in [-0.15, -0.1) is 34.0 Å². The van der Waals surface area contributed by atoms with Gasteiger partial charge in [-0.2, -0.15) is 0 Å².